The van der Waals surface area contributed by atoms with E-state index < -0.39 is 0 Å². The number of amides is 1. The van der Waals surface area contributed by atoms with Crippen LogP contribution in [0.25, 0.3) is 0 Å². The number of hydrogen-bond donors (Lipinski definition) is 0. The number of piperidine rings is 1. The molecule has 4 heteroatoms. The SMILES string of the molecule is CC(C)CC(C)N(C)CC(=O)N1CCC(=O)CC1. The summed E-state index contributed by atoms with van der Waals surface area (Å²) in [6.07, 6.45) is 2.15. The third kappa shape index (κ3) is 4.77. The van der Waals surface area contributed by atoms with Gasteiger partial charge in [-0.25, -0.2) is 0 Å². The number of nitrogens with zero attached hydrogens (tertiary/aromatic N) is 2. The van der Waals surface area contributed by atoms with E-state index in [1.807, 2.05) is 11.9 Å². The Labute approximate surface area is 110 Å². The zero-order valence-corrected chi connectivity index (χ0v) is 12.1. The van der Waals surface area contributed by atoms with Crippen LogP contribution in [0.2, 0.25) is 0 Å². The molecule has 0 aromatic heterocycles. The molecule has 1 atom stereocenters. The number of ketones is 1. The highest BCUT2D eigenvalue weighted by molar-refractivity contribution is 5.84. The molecule has 0 aromatic rings. The van der Waals surface area contributed by atoms with E-state index in [4.69, 9.17) is 0 Å². The lowest BCUT2D eigenvalue weighted by molar-refractivity contribution is -0.135. The molecular formula is C14H26N2O2. The second-order valence-electron chi connectivity index (χ2n) is 5.81. The fourth-order valence-corrected chi connectivity index (χ4v) is 2.34. The highest BCUT2D eigenvalue weighted by Gasteiger charge is 2.22. The maximum absolute atomic E-state index is 12.1. The third-order valence-electron chi connectivity index (χ3n) is 3.62. The Morgan fingerprint density at radius 3 is 2.33 bits per heavy atom. The van der Waals surface area contributed by atoms with E-state index in [1.54, 1.807) is 0 Å². The lowest BCUT2D eigenvalue weighted by Crippen LogP contribution is -2.45. The minimum absolute atomic E-state index is 0.153. The summed E-state index contributed by atoms with van der Waals surface area (Å²) >= 11 is 0. The van der Waals surface area contributed by atoms with Gasteiger partial charge >= 0.3 is 0 Å². The number of Topliss-reactive ketones (excluding diaryl/α,β-unsaturated/α-hetero) is 1. The van der Waals surface area contributed by atoms with E-state index in [-0.39, 0.29) is 11.7 Å². The van der Waals surface area contributed by atoms with Crippen molar-refractivity contribution < 1.29 is 9.59 Å². The lowest BCUT2D eigenvalue weighted by atomic mass is 10.0. The van der Waals surface area contributed by atoms with Gasteiger partial charge in [0.15, 0.2) is 0 Å². The molecule has 0 bridgehead atoms. The van der Waals surface area contributed by atoms with Gasteiger partial charge in [0.2, 0.25) is 5.91 Å². The van der Waals surface area contributed by atoms with Gasteiger partial charge in [-0.05, 0) is 26.3 Å². The van der Waals surface area contributed by atoms with Gasteiger partial charge in [0.25, 0.3) is 0 Å². The molecule has 0 N–H and O–H groups in total. The molecule has 1 fully saturated rings. The molecule has 0 saturated carbocycles. The highest BCUT2D eigenvalue weighted by Crippen LogP contribution is 2.11. The van der Waals surface area contributed by atoms with Crippen molar-refractivity contribution in [3.8, 4) is 0 Å². The standard InChI is InChI=1S/C14H26N2O2/c1-11(2)9-12(3)15(4)10-14(18)16-7-5-13(17)6-8-16/h11-12H,5-10H2,1-4H3. The van der Waals surface area contributed by atoms with Crippen LogP contribution >= 0.6 is 0 Å². The van der Waals surface area contributed by atoms with Crippen molar-refractivity contribution in [1.29, 1.82) is 0 Å². The summed E-state index contributed by atoms with van der Waals surface area (Å²) in [4.78, 5) is 27.1. The number of carbonyl (C=O) groups excluding carboxylic acids is 2. The molecule has 1 unspecified atom stereocenters. The minimum atomic E-state index is 0.153. The van der Waals surface area contributed by atoms with Gasteiger partial charge < -0.3 is 4.90 Å². The number of likely N-dealkylation sites (tertiary alicyclic amines) is 1. The molecule has 0 spiro atoms. The summed E-state index contributed by atoms with van der Waals surface area (Å²) < 4.78 is 0. The van der Waals surface area contributed by atoms with Gasteiger partial charge in [0, 0.05) is 32.0 Å². The molecule has 0 aromatic carbocycles. The minimum Gasteiger partial charge on any atom is -0.341 e. The van der Waals surface area contributed by atoms with Crippen LogP contribution in [0, 0.1) is 5.92 Å². The molecular weight excluding hydrogens is 228 g/mol. The summed E-state index contributed by atoms with van der Waals surface area (Å²) in [7, 11) is 2.00. The Balaban J connectivity index is 2.37. The molecule has 0 radical (unpaired) electrons. The Morgan fingerprint density at radius 2 is 1.83 bits per heavy atom. The molecule has 18 heavy (non-hydrogen) atoms. The highest BCUT2D eigenvalue weighted by atomic mass is 16.2. The van der Waals surface area contributed by atoms with Crippen LogP contribution < -0.4 is 0 Å². The summed E-state index contributed by atoms with van der Waals surface area (Å²) in [5, 5.41) is 0. The van der Waals surface area contributed by atoms with E-state index in [1.165, 1.54) is 0 Å². The Bertz CT molecular complexity index is 292. The largest absolute Gasteiger partial charge is 0.341 e. The van der Waals surface area contributed by atoms with Crippen molar-refractivity contribution in [3.63, 3.8) is 0 Å². The van der Waals surface area contributed by atoms with Crippen molar-refractivity contribution in [1.82, 2.24) is 9.80 Å². The summed E-state index contributed by atoms with van der Waals surface area (Å²) in [6, 6.07) is 0.417. The van der Waals surface area contributed by atoms with Crippen LogP contribution in [-0.4, -0.2) is 54.2 Å². The van der Waals surface area contributed by atoms with Gasteiger partial charge in [0.1, 0.15) is 5.78 Å². The summed E-state index contributed by atoms with van der Waals surface area (Å²) in [5.74, 6) is 1.08. The molecule has 1 saturated heterocycles. The van der Waals surface area contributed by atoms with Gasteiger partial charge in [-0.15, -0.1) is 0 Å². The topological polar surface area (TPSA) is 40.6 Å². The predicted octanol–water partition coefficient (Wildman–Crippen LogP) is 1.54. The second kappa shape index (κ2) is 6.88. The van der Waals surface area contributed by atoms with E-state index in [9.17, 15) is 9.59 Å². The first kappa shape index (κ1) is 15.2. The molecule has 1 aliphatic heterocycles. The first-order valence-electron chi connectivity index (χ1n) is 6.90. The lowest BCUT2D eigenvalue weighted by Gasteiger charge is -2.31. The Morgan fingerprint density at radius 1 is 1.28 bits per heavy atom. The van der Waals surface area contributed by atoms with Gasteiger partial charge in [0.05, 0.1) is 6.54 Å². The van der Waals surface area contributed by atoms with E-state index in [0.29, 0.717) is 44.4 Å². The molecule has 1 amide bonds. The molecule has 1 rings (SSSR count). The van der Waals surface area contributed by atoms with Crippen molar-refractivity contribution in [3.05, 3.63) is 0 Å². The van der Waals surface area contributed by atoms with Crippen molar-refractivity contribution in [2.45, 2.75) is 46.1 Å². The fourth-order valence-electron chi connectivity index (χ4n) is 2.34. The smallest absolute Gasteiger partial charge is 0.236 e. The number of rotatable bonds is 5. The zero-order chi connectivity index (χ0) is 13.7. The quantitative estimate of drug-likeness (QED) is 0.747. The second-order valence-corrected chi connectivity index (χ2v) is 5.81. The van der Waals surface area contributed by atoms with Crippen LogP contribution in [0.3, 0.4) is 0 Å². The molecule has 104 valence electrons. The van der Waals surface area contributed by atoms with E-state index >= 15 is 0 Å². The molecule has 4 nitrogen and oxygen atoms in total. The zero-order valence-electron chi connectivity index (χ0n) is 12.1. The number of hydrogen-bond acceptors (Lipinski definition) is 3. The first-order chi connectivity index (χ1) is 8.40. The summed E-state index contributed by atoms with van der Waals surface area (Å²) in [6.45, 7) is 8.22. The van der Waals surface area contributed by atoms with Crippen LogP contribution in [0.15, 0.2) is 0 Å². The predicted molar refractivity (Wildman–Crippen MR) is 72.4 cm³/mol. The Kier molecular flexibility index (Phi) is 5.79. The number of likely N-dealkylation sites (N-methyl/N-ethyl adjacent to an activating group) is 1. The van der Waals surface area contributed by atoms with Crippen LogP contribution in [0.5, 0.6) is 0 Å². The summed E-state index contributed by atoms with van der Waals surface area (Å²) in [5.41, 5.74) is 0. The fraction of sp³-hybridized carbons (Fsp3) is 0.857. The van der Waals surface area contributed by atoms with Gasteiger partial charge in [-0.1, -0.05) is 13.8 Å². The maximum atomic E-state index is 12.1. The average Bonchev–Trinajstić information content (AvgIpc) is 2.28. The molecule has 0 aliphatic carbocycles. The van der Waals surface area contributed by atoms with Gasteiger partial charge in [-0.2, -0.15) is 0 Å². The third-order valence-corrected chi connectivity index (χ3v) is 3.62. The average molecular weight is 254 g/mol. The van der Waals surface area contributed by atoms with E-state index in [2.05, 4.69) is 25.7 Å². The van der Waals surface area contributed by atoms with Gasteiger partial charge in [-0.3, -0.25) is 14.5 Å². The normalized spacial score (nSPS) is 18.6. The van der Waals surface area contributed by atoms with Crippen molar-refractivity contribution in [2.24, 2.45) is 5.92 Å². The molecule has 1 heterocycles. The maximum Gasteiger partial charge on any atom is 0.236 e. The van der Waals surface area contributed by atoms with Crippen LogP contribution in [0.1, 0.15) is 40.0 Å². The Hall–Kier alpha value is -0.900. The first-order valence-corrected chi connectivity index (χ1v) is 6.90. The monoisotopic (exact) mass is 254 g/mol. The molecule has 1 aliphatic rings. The van der Waals surface area contributed by atoms with Crippen LogP contribution in [0.4, 0.5) is 0 Å². The van der Waals surface area contributed by atoms with Crippen molar-refractivity contribution >= 4 is 11.7 Å². The van der Waals surface area contributed by atoms with E-state index in [0.717, 1.165) is 6.42 Å². The number of carbonyl (C=O) groups is 2. The van der Waals surface area contributed by atoms with Crippen molar-refractivity contribution in [2.75, 3.05) is 26.7 Å². The van der Waals surface area contributed by atoms with Crippen LogP contribution in [-0.2, 0) is 9.59 Å².